The van der Waals surface area contributed by atoms with Crippen LogP contribution in [0.3, 0.4) is 0 Å². The average Bonchev–Trinajstić information content (AvgIpc) is 2.72. The Morgan fingerprint density at radius 1 is 0.571 bits per heavy atom. The van der Waals surface area contributed by atoms with Crippen molar-refractivity contribution in [3.05, 3.63) is 59.7 Å². The largest absolute Gasteiger partial charge is 0.399 e. The SMILES string of the molecule is Nc1ccc(C23CC4CC5C6CC(CC52)CC3(c2ccc(N)cc2)C6C4)cc1. The second-order valence-corrected chi connectivity index (χ2v) is 10.8. The lowest BCUT2D eigenvalue weighted by atomic mass is 9.24. The van der Waals surface area contributed by atoms with E-state index in [-0.39, 0.29) is 0 Å². The van der Waals surface area contributed by atoms with E-state index in [0.29, 0.717) is 10.8 Å². The van der Waals surface area contributed by atoms with Crippen molar-refractivity contribution in [1.29, 1.82) is 0 Å². The van der Waals surface area contributed by atoms with E-state index < -0.39 is 0 Å². The first-order chi connectivity index (χ1) is 13.6. The number of hydrogen-bond acceptors (Lipinski definition) is 2. The zero-order valence-electron chi connectivity index (χ0n) is 16.5. The van der Waals surface area contributed by atoms with E-state index in [9.17, 15) is 0 Å². The fraction of sp³-hybridized carbons (Fsp3) is 0.538. The Morgan fingerprint density at radius 2 is 0.964 bits per heavy atom. The molecule has 0 aromatic heterocycles. The Bertz CT molecular complexity index is 868. The first kappa shape index (κ1) is 15.9. The molecule has 2 heteroatoms. The van der Waals surface area contributed by atoms with Gasteiger partial charge in [-0.25, -0.2) is 0 Å². The van der Waals surface area contributed by atoms with Crippen molar-refractivity contribution in [2.45, 2.75) is 49.4 Å². The topological polar surface area (TPSA) is 52.0 Å². The Morgan fingerprint density at radius 3 is 1.36 bits per heavy atom. The summed E-state index contributed by atoms with van der Waals surface area (Å²) in [6, 6.07) is 18.2. The fourth-order valence-electron chi connectivity index (χ4n) is 9.75. The summed E-state index contributed by atoms with van der Waals surface area (Å²) in [5.74, 6) is 5.51. The maximum atomic E-state index is 6.11. The monoisotopic (exact) mass is 370 g/mol. The van der Waals surface area contributed by atoms with Gasteiger partial charge in [-0.3, -0.25) is 0 Å². The van der Waals surface area contributed by atoms with E-state index in [0.717, 1.165) is 46.9 Å². The van der Waals surface area contributed by atoms with Crippen LogP contribution in [0.5, 0.6) is 0 Å². The first-order valence-corrected chi connectivity index (χ1v) is 11.3. The summed E-state index contributed by atoms with van der Waals surface area (Å²) in [7, 11) is 0. The number of anilines is 2. The third-order valence-electron chi connectivity index (χ3n) is 10.1. The molecule has 9 rings (SSSR count). The molecule has 8 unspecified atom stereocenters. The Kier molecular flexibility index (Phi) is 2.81. The van der Waals surface area contributed by atoms with Crippen LogP contribution in [-0.2, 0) is 10.8 Å². The van der Waals surface area contributed by atoms with Crippen LogP contribution < -0.4 is 11.5 Å². The molecule has 7 saturated carbocycles. The summed E-state index contributed by atoms with van der Waals surface area (Å²) in [4.78, 5) is 0. The molecule has 2 aromatic carbocycles. The number of rotatable bonds is 2. The number of nitrogens with two attached hydrogens (primary N) is 2. The van der Waals surface area contributed by atoms with Gasteiger partial charge in [-0.1, -0.05) is 24.3 Å². The van der Waals surface area contributed by atoms with E-state index in [1.54, 1.807) is 11.1 Å². The fourth-order valence-corrected chi connectivity index (χ4v) is 9.75. The second-order valence-electron chi connectivity index (χ2n) is 10.8. The standard InChI is InChI=1S/C26H30N2/c27-19-5-1-17(2-6-19)25-13-15-9-21-22-10-16(11-23(21)25)14-26(25,24(22)12-15)18-3-7-20(28)8-4-18/h1-8,15-16,21-24H,9-14,27-28H2. The molecular weight excluding hydrogens is 340 g/mol. The van der Waals surface area contributed by atoms with Crippen LogP contribution in [0.1, 0.15) is 49.7 Å². The van der Waals surface area contributed by atoms with E-state index >= 15 is 0 Å². The van der Waals surface area contributed by atoms with Gasteiger partial charge in [-0.15, -0.1) is 0 Å². The van der Waals surface area contributed by atoms with Gasteiger partial charge in [0.15, 0.2) is 0 Å². The number of nitrogen functional groups attached to an aromatic ring is 2. The summed E-state index contributed by atoms with van der Waals surface area (Å²) in [6.45, 7) is 0. The molecule has 2 aromatic rings. The van der Waals surface area contributed by atoms with Gasteiger partial charge in [-0.05, 0) is 109 Å². The molecule has 2 nitrogen and oxygen atoms in total. The highest BCUT2D eigenvalue weighted by molar-refractivity contribution is 5.52. The minimum absolute atomic E-state index is 0.306. The summed E-state index contributed by atoms with van der Waals surface area (Å²) in [6.07, 6.45) is 8.71. The van der Waals surface area contributed by atoms with Crippen LogP contribution in [-0.4, -0.2) is 0 Å². The molecule has 144 valence electrons. The summed E-state index contributed by atoms with van der Waals surface area (Å²) < 4.78 is 0. The Hall–Kier alpha value is -1.96. The average molecular weight is 371 g/mol. The van der Waals surface area contributed by atoms with Crippen LogP contribution in [0.15, 0.2) is 48.5 Å². The molecule has 0 saturated heterocycles. The summed E-state index contributed by atoms with van der Waals surface area (Å²) in [5.41, 5.74) is 17.8. The Balaban J connectivity index is 1.53. The van der Waals surface area contributed by atoms with Gasteiger partial charge in [0, 0.05) is 22.2 Å². The lowest BCUT2D eigenvalue weighted by molar-refractivity contribution is -0.238. The quantitative estimate of drug-likeness (QED) is 0.720. The van der Waals surface area contributed by atoms with Gasteiger partial charge < -0.3 is 11.5 Å². The molecule has 4 N–H and O–H groups in total. The van der Waals surface area contributed by atoms with E-state index in [2.05, 4.69) is 48.5 Å². The smallest absolute Gasteiger partial charge is 0.0314 e. The minimum Gasteiger partial charge on any atom is -0.399 e. The van der Waals surface area contributed by atoms with Crippen molar-refractivity contribution in [3.8, 4) is 0 Å². The molecule has 8 atom stereocenters. The highest BCUT2D eigenvalue weighted by Gasteiger charge is 2.76. The molecule has 0 amide bonds. The molecule has 0 spiro atoms. The number of hydrogen-bond donors (Lipinski definition) is 2. The van der Waals surface area contributed by atoms with Gasteiger partial charge in [0.05, 0.1) is 0 Å². The number of benzene rings is 2. The van der Waals surface area contributed by atoms with Gasteiger partial charge in [-0.2, -0.15) is 0 Å². The zero-order valence-corrected chi connectivity index (χ0v) is 16.5. The van der Waals surface area contributed by atoms with Gasteiger partial charge in [0.1, 0.15) is 0 Å². The van der Waals surface area contributed by atoms with Crippen LogP contribution in [0, 0.1) is 35.5 Å². The zero-order chi connectivity index (χ0) is 18.7. The van der Waals surface area contributed by atoms with Crippen molar-refractivity contribution in [2.24, 2.45) is 35.5 Å². The molecule has 7 aliphatic carbocycles. The first-order valence-electron chi connectivity index (χ1n) is 11.3. The maximum absolute atomic E-state index is 6.11. The van der Waals surface area contributed by atoms with Crippen molar-refractivity contribution in [3.63, 3.8) is 0 Å². The summed E-state index contributed by atoms with van der Waals surface area (Å²) >= 11 is 0. The van der Waals surface area contributed by atoms with Crippen molar-refractivity contribution < 1.29 is 0 Å². The van der Waals surface area contributed by atoms with Crippen LogP contribution in [0.2, 0.25) is 0 Å². The molecular formula is C26H30N2. The highest BCUT2D eigenvalue weighted by atomic mass is 14.8. The van der Waals surface area contributed by atoms with Crippen LogP contribution >= 0.6 is 0 Å². The second kappa shape index (κ2) is 4.96. The molecule has 0 heterocycles. The normalized spacial score (nSPS) is 47.0. The van der Waals surface area contributed by atoms with Gasteiger partial charge in [0.2, 0.25) is 0 Å². The van der Waals surface area contributed by atoms with Crippen LogP contribution in [0.25, 0.3) is 0 Å². The third-order valence-corrected chi connectivity index (χ3v) is 10.1. The van der Waals surface area contributed by atoms with E-state index in [1.165, 1.54) is 38.5 Å². The predicted molar refractivity (Wildman–Crippen MR) is 114 cm³/mol. The summed E-state index contributed by atoms with van der Waals surface area (Å²) in [5, 5.41) is 0. The van der Waals surface area contributed by atoms with Crippen LogP contribution in [0.4, 0.5) is 11.4 Å². The molecule has 7 aliphatic rings. The van der Waals surface area contributed by atoms with E-state index in [1.807, 2.05) is 0 Å². The predicted octanol–water partition coefficient (Wildman–Crippen LogP) is 5.13. The van der Waals surface area contributed by atoms with Crippen molar-refractivity contribution >= 4 is 11.4 Å². The maximum Gasteiger partial charge on any atom is 0.0314 e. The van der Waals surface area contributed by atoms with Gasteiger partial charge in [0.25, 0.3) is 0 Å². The highest BCUT2D eigenvalue weighted by Crippen LogP contribution is 2.80. The minimum atomic E-state index is 0.306. The third kappa shape index (κ3) is 1.61. The molecule has 8 bridgehead atoms. The lowest BCUT2D eigenvalue weighted by Crippen LogP contribution is -2.76. The van der Waals surface area contributed by atoms with Crippen molar-refractivity contribution in [2.75, 3.05) is 11.5 Å². The molecule has 0 radical (unpaired) electrons. The van der Waals surface area contributed by atoms with E-state index in [4.69, 9.17) is 11.5 Å². The lowest BCUT2D eigenvalue weighted by Gasteiger charge is -2.79. The van der Waals surface area contributed by atoms with Crippen molar-refractivity contribution in [1.82, 2.24) is 0 Å². The molecule has 28 heavy (non-hydrogen) atoms. The Labute approximate surface area is 167 Å². The molecule has 0 aliphatic heterocycles. The van der Waals surface area contributed by atoms with Gasteiger partial charge >= 0.3 is 0 Å². The molecule has 7 fully saturated rings.